The topological polar surface area (TPSA) is 242 Å². The molecule has 0 amide bonds. The molecule has 2 saturated heterocycles. The van der Waals surface area contributed by atoms with Crippen LogP contribution in [0.5, 0.6) is 0 Å². The average Bonchev–Trinajstić information content (AvgIpc) is 0.766. The SMILES string of the molecule is Cc1cc(-c2ccc(-c3ccc([C@H]4O[C@H](COC(=O)C(C)(C)C)[C@@H](OC(=O)C(C)(C)C)[C@H](OC(=O)C(C)(C)C)[C@@H]4OC(=O)C(C)(C)C)c(C)c3)c(C)n2)ccc1[C@H]1O[C@H](COC(=O)C(C)(C)C)[C@@H](OC(=O)C(C)(C)C)[C@H](OC(=O)C(C)(C)C)[C@@H]1OC(=O)C(C)(C)C. The first-order valence-electron chi connectivity index (χ1n) is 31.3. The Labute approximate surface area is 539 Å². The molecular formula is C72H103NO18. The van der Waals surface area contributed by atoms with Gasteiger partial charge in [-0.3, -0.25) is 43.3 Å². The van der Waals surface area contributed by atoms with Crippen LogP contribution in [0.3, 0.4) is 0 Å². The zero-order valence-corrected chi connectivity index (χ0v) is 59.1. The van der Waals surface area contributed by atoms with Gasteiger partial charge in [0.1, 0.15) is 37.6 Å². The second-order valence-electron chi connectivity index (χ2n) is 32.6. The molecule has 19 nitrogen and oxygen atoms in total. The van der Waals surface area contributed by atoms with Gasteiger partial charge < -0.3 is 47.4 Å². The minimum atomic E-state index is -1.44. The Balaban J connectivity index is 1.63. The zero-order chi connectivity index (χ0) is 69.4. The van der Waals surface area contributed by atoms with Crippen LogP contribution < -0.4 is 0 Å². The third-order valence-electron chi connectivity index (χ3n) is 15.2. The third-order valence-corrected chi connectivity index (χ3v) is 15.2. The van der Waals surface area contributed by atoms with Crippen LogP contribution in [-0.4, -0.2) is 115 Å². The fourth-order valence-corrected chi connectivity index (χ4v) is 9.30. The van der Waals surface area contributed by atoms with Crippen molar-refractivity contribution in [3.8, 4) is 22.4 Å². The monoisotopic (exact) mass is 1270 g/mol. The van der Waals surface area contributed by atoms with Gasteiger partial charge in [0.2, 0.25) is 0 Å². The number of ether oxygens (including phenoxy) is 10. The second-order valence-corrected chi connectivity index (χ2v) is 32.6. The Kier molecular flexibility index (Phi) is 22.6. The van der Waals surface area contributed by atoms with E-state index in [1.165, 1.54) is 0 Å². The highest BCUT2D eigenvalue weighted by Gasteiger charge is 2.57. The molecule has 2 aliphatic rings. The molecule has 2 aliphatic heterocycles. The van der Waals surface area contributed by atoms with Crippen LogP contribution in [0, 0.1) is 64.1 Å². The normalized spacial score (nSPS) is 22.8. The van der Waals surface area contributed by atoms with Crippen molar-refractivity contribution < 1.29 is 85.7 Å². The summed E-state index contributed by atoms with van der Waals surface area (Å²) < 4.78 is 63.2. The van der Waals surface area contributed by atoms with E-state index in [9.17, 15) is 38.4 Å². The van der Waals surface area contributed by atoms with Crippen molar-refractivity contribution in [2.45, 2.75) is 248 Å². The summed E-state index contributed by atoms with van der Waals surface area (Å²) in [4.78, 5) is 116. The number of benzene rings is 2. The molecule has 504 valence electrons. The smallest absolute Gasteiger partial charge is 0.311 e. The van der Waals surface area contributed by atoms with Crippen molar-refractivity contribution in [1.29, 1.82) is 0 Å². The number of aromatic nitrogens is 1. The van der Waals surface area contributed by atoms with Gasteiger partial charge in [0, 0.05) is 16.8 Å². The molecule has 0 saturated carbocycles. The molecule has 2 fully saturated rings. The van der Waals surface area contributed by atoms with Gasteiger partial charge >= 0.3 is 47.8 Å². The number of esters is 8. The van der Waals surface area contributed by atoms with E-state index in [2.05, 4.69) is 0 Å². The van der Waals surface area contributed by atoms with Crippen LogP contribution in [-0.2, 0) is 85.7 Å². The summed E-state index contributed by atoms with van der Waals surface area (Å²) in [6.07, 6.45) is -13.2. The van der Waals surface area contributed by atoms with Crippen molar-refractivity contribution >= 4 is 47.8 Å². The third kappa shape index (κ3) is 19.0. The lowest BCUT2D eigenvalue weighted by Gasteiger charge is -2.46. The molecule has 91 heavy (non-hydrogen) atoms. The maximum Gasteiger partial charge on any atom is 0.311 e. The average molecular weight is 1270 g/mol. The van der Waals surface area contributed by atoms with E-state index in [0.29, 0.717) is 39.2 Å². The van der Waals surface area contributed by atoms with Crippen molar-refractivity contribution in [3.05, 3.63) is 76.5 Å². The molecule has 10 atom stereocenters. The van der Waals surface area contributed by atoms with Gasteiger partial charge in [0.05, 0.1) is 49.0 Å². The van der Waals surface area contributed by atoms with Gasteiger partial charge in [0.25, 0.3) is 0 Å². The number of nitrogens with zero attached hydrogens (tertiary/aromatic N) is 1. The second kappa shape index (κ2) is 27.5. The van der Waals surface area contributed by atoms with Crippen LogP contribution in [0.15, 0.2) is 48.5 Å². The summed E-state index contributed by atoms with van der Waals surface area (Å²) in [7, 11) is 0. The Morgan fingerprint density at radius 3 is 0.912 bits per heavy atom. The van der Waals surface area contributed by atoms with Crippen LogP contribution in [0.2, 0.25) is 0 Å². The van der Waals surface area contributed by atoms with Crippen LogP contribution in [0.1, 0.15) is 206 Å². The number of aryl methyl sites for hydroxylation is 3. The molecule has 3 aromatic rings. The lowest BCUT2D eigenvalue weighted by molar-refractivity contribution is -0.262. The summed E-state index contributed by atoms with van der Waals surface area (Å²) in [6, 6.07) is 15.0. The quantitative estimate of drug-likeness (QED) is 0.108. The number of hydrogen-bond acceptors (Lipinski definition) is 19. The first kappa shape index (κ1) is 75.0. The molecule has 3 heterocycles. The highest BCUT2D eigenvalue weighted by Crippen LogP contribution is 2.45. The summed E-state index contributed by atoms with van der Waals surface area (Å²) >= 11 is 0. The first-order valence-corrected chi connectivity index (χ1v) is 31.3. The number of hydrogen-bond donors (Lipinski definition) is 0. The van der Waals surface area contributed by atoms with Crippen LogP contribution in [0.25, 0.3) is 22.4 Å². The number of carbonyl (C=O) groups is 8. The molecule has 2 aromatic carbocycles. The zero-order valence-electron chi connectivity index (χ0n) is 59.1. The highest BCUT2D eigenvalue weighted by molar-refractivity contribution is 5.80. The number of carbonyl (C=O) groups excluding carboxylic acids is 8. The molecule has 0 radical (unpaired) electrons. The Morgan fingerprint density at radius 2 is 0.626 bits per heavy atom. The Morgan fingerprint density at radius 1 is 0.352 bits per heavy atom. The first-order chi connectivity index (χ1) is 41.2. The van der Waals surface area contributed by atoms with Gasteiger partial charge in [-0.2, -0.15) is 0 Å². The molecule has 0 N–H and O–H groups in total. The van der Waals surface area contributed by atoms with Gasteiger partial charge in [-0.25, -0.2) is 0 Å². The van der Waals surface area contributed by atoms with E-state index in [4.69, 9.17) is 52.4 Å². The standard InChI is InChI=1S/C72H103NO18/c1-38-34-41(28-30-43(38)49-53(88-61(78)69(16,17)18)55(90-63(80)71(22,23)24)51(86-59(76)67(10,11)12)47(84-49)36-82-57(74)65(4,5)6)45-32-33-46(73-40(45)3)42-29-31-44(39(2)35-42)50-54(89-62(79)70(19,20)21)56(91-64(81)72(25,26)27)52(87-60(77)68(13,14)15)48(85-50)37-83-58(75)66(7,8)9/h28-35,47-56H,36-37H2,1-27H3/t47-,48-,49-,50-,51-,52-,53-,54-,55+,56+/m1/s1. The van der Waals surface area contributed by atoms with Crippen LogP contribution in [0.4, 0.5) is 0 Å². The van der Waals surface area contributed by atoms with E-state index in [-0.39, 0.29) is 0 Å². The lowest BCUT2D eigenvalue weighted by Crippen LogP contribution is -2.61. The maximum absolute atomic E-state index is 14.1. The molecule has 1 aromatic heterocycles. The van der Waals surface area contributed by atoms with E-state index in [1.807, 2.05) is 69.3 Å². The molecule has 0 bridgehead atoms. The molecule has 0 aliphatic carbocycles. The van der Waals surface area contributed by atoms with Crippen molar-refractivity contribution in [2.75, 3.05) is 13.2 Å². The largest absolute Gasteiger partial charge is 0.462 e. The summed E-state index contributed by atoms with van der Waals surface area (Å²) in [5.74, 6) is -5.03. The van der Waals surface area contributed by atoms with E-state index in [0.717, 1.165) is 11.1 Å². The Bertz CT molecular complexity index is 3190. The predicted molar refractivity (Wildman–Crippen MR) is 341 cm³/mol. The van der Waals surface area contributed by atoms with Gasteiger partial charge in [0.15, 0.2) is 36.6 Å². The van der Waals surface area contributed by atoms with E-state index < -0.39 is 165 Å². The molecule has 5 rings (SSSR count). The number of rotatable bonds is 14. The highest BCUT2D eigenvalue weighted by atomic mass is 16.7. The fourth-order valence-electron chi connectivity index (χ4n) is 9.30. The molecular weight excluding hydrogens is 1170 g/mol. The van der Waals surface area contributed by atoms with Gasteiger partial charge in [-0.05, 0) is 227 Å². The molecule has 0 spiro atoms. The summed E-state index contributed by atoms with van der Waals surface area (Å²) in [5, 5.41) is 0. The minimum Gasteiger partial charge on any atom is -0.462 e. The Hall–Kier alpha value is -6.73. The summed E-state index contributed by atoms with van der Waals surface area (Å²) in [6.45, 7) is 45.1. The van der Waals surface area contributed by atoms with Crippen molar-refractivity contribution in [1.82, 2.24) is 4.98 Å². The predicted octanol–water partition coefficient (Wildman–Crippen LogP) is 13.1. The van der Waals surface area contributed by atoms with Crippen LogP contribution >= 0.6 is 0 Å². The lowest BCUT2D eigenvalue weighted by atomic mass is 9.86. The molecule has 0 unspecified atom stereocenters. The van der Waals surface area contributed by atoms with Gasteiger partial charge in [-0.15, -0.1) is 0 Å². The number of pyridine rings is 1. The molecule has 19 heteroatoms. The summed E-state index contributed by atoms with van der Waals surface area (Å²) in [5.41, 5.74) is -2.12. The van der Waals surface area contributed by atoms with Gasteiger partial charge in [-0.1, -0.05) is 36.4 Å². The van der Waals surface area contributed by atoms with E-state index >= 15 is 0 Å². The fraction of sp³-hybridized carbons (Fsp3) is 0.653. The maximum atomic E-state index is 14.1. The minimum absolute atomic E-state index is 0.403. The van der Waals surface area contributed by atoms with Crippen molar-refractivity contribution in [3.63, 3.8) is 0 Å². The van der Waals surface area contributed by atoms with Crippen molar-refractivity contribution in [2.24, 2.45) is 43.3 Å². The van der Waals surface area contributed by atoms with E-state index in [1.54, 1.807) is 166 Å².